The highest BCUT2D eigenvalue weighted by Crippen LogP contribution is 2.42. The van der Waals surface area contributed by atoms with E-state index in [1.165, 1.54) is 12.1 Å². The first-order valence-corrected chi connectivity index (χ1v) is 12.0. The topological polar surface area (TPSA) is 74.3 Å². The summed E-state index contributed by atoms with van der Waals surface area (Å²) in [6.45, 7) is 10.9. The van der Waals surface area contributed by atoms with Crippen LogP contribution in [0.15, 0.2) is 24.3 Å². The number of hydrogen-bond acceptors (Lipinski definition) is 4. The zero-order valence-corrected chi connectivity index (χ0v) is 16.0. The standard InChI is InChI=1S/C19H26O4Si/c1-11(24(3,4)5)10-15-12(2)17(20)16(18(15)21)13-6-8-14(9-7-13)19(22)23/h6-9,11-12,15-16H,10H2,1-5H3,(H,22,23)/p-1. The number of carbonyl (C=O) groups is 3. The lowest BCUT2D eigenvalue weighted by Gasteiger charge is -2.28. The summed E-state index contributed by atoms with van der Waals surface area (Å²) in [6.07, 6.45) is 0.759. The van der Waals surface area contributed by atoms with E-state index in [9.17, 15) is 19.5 Å². The van der Waals surface area contributed by atoms with Crippen LogP contribution in [0, 0.1) is 11.8 Å². The van der Waals surface area contributed by atoms with Gasteiger partial charge in [0.1, 0.15) is 5.92 Å². The number of Topliss-reactive ketones (excluding diaryl/α,β-unsaturated/α-hetero) is 2. The summed E-state index contributed by atoms with van der Waals surface area (Å²) < 4.78 is 0. The molecule has 1 aliphatic rings. The van der Waals surface area contributed by atoms with Gasteiger partial charge in [0.2, 0.25) is 0 Å². The lowest BCUT2D eigenvalue weighted by Crippen LogP contribution is -2.30. The molecule has 0 bridgehead atoms. The Hall–Kier alpha value is -1.75. The molecule has 24 heavy (non-hydrogen) atoms. The van der Waals surface area contributed by atoms with Crippen molar-refractivity contribution in [3.63, 3.8) is 0 Å². The molecule has 1 aliphatic carbocycles. The van der Waals surface area contributed by atoms with Crippen molar-refractivity contribution in [1.29, 1.82) is 0 Å². The molecular formula is C19H25O4Si-. The van der Waals surface area contributed by atoms with Crippen molar-refractivity contribution in [3.05, 3.63) is 35.4 Å². The molecule has 4 nitrogen and oxygen atoms in total. The van der Waals surface area contributed by atoms with Crippen LogP contribution >= 0.6 is 0 Å². The molecule has 0 radical (unpaired) electrons. The molecule has 130 valence electrons. The van der Waals surface area contributed by atoms with Gasteiger partial charge in [-0.3, -0.25) is 9.59 Å². The molecule has 4 atom stereocenters. The zero-order valence-electron chi connectivity index (χ0n) is 15.0. The maximum absolute atomic E-state index is 12.9. The first kappa shape index (κ1) is 18.6. The van der Waals surface area contributed by atoms with E-state index in [-0.39, 0.29) is 29.0 Å². The van der Waals surface area contributed by atoms with E-state index >= 15 is 0 Å². The van der Waals surface area contributed by atoms with Gasteiger partial charge in [-0.05, 0) is 23.1 Å². The third kappa shape index (κ3) is 3.51. The van der Waals surface area contributed by atoms with Crippen LogP contribution in [0.3, 0.4) is 0 Å². The second-order valence-electron chi connectivity index (χ2n) is 8.05. The van der Waals surface area contributed by atoms with Gasteiger partial charge in [-0.1, -0.05) is 57.8 Å². The van der Waals surface area contributed by atoms with Crippen molar-refractivity contribution < 1.29 is 19.5 Å². The maximum Gasteiger partial charge on any atom is 0.151 e. The molecule has 0 N–H and O–H groups in total. The predicted molar refractivity (Wildman–Crippen MR) is 93.6 cm³/mol. The Labute approximate surface area is 144 Å². The highest BCUT2D eigenvalue weighted by molar-refractivity contribution is 6.77. The third-order valence-corrected chi connectivity index (χ3v) is 8.74. The predicted octanol–water partition coefficient (Wildman–Crippen LogP) is 2.66. The highest BCUT2D eigenvalue weighted by atomic mass is 28.3. The van der Waals surface area contributed by atoms with Gasteiger partial charge in [0.25, 0.3) is 0 Å². The molecule has 5 heteroatoms. The SMILES string of the molecule is CC1C(=O)C(c2ccc(C(=O)[O-])cc2)C(=O)C1CC(C)[Si](C)(C)C. The average Bonchev–Trinajstić information content (AvgIpc) is 2.70. The van der Waals surface area contributed by atoms with Gasteiger partial charge in [0, 0.05) is 19.9 Å². The molecule has 1 aromatic rings. The molecule has 1 aromatic carbocycles. The minimum Gasteiger partial charge on any atom is -0.545 e. The number of ketones is 2. The maximum atomic E-state index is 12.9. The minimum atomic E-state index is -1.37. The quantitative estimate of drug-likeness (QED) is 0.607. The molecule has 0 heterocycles. The third-order valence-electron chi connectivity index (χ3n) is 5.55. The van der Waals surface area contributed by atoms with Crippen LogP contribution in [-0.4, -0.2) is 25.6 Å². The van der Waals surface area contributed by atoms with E-state index in [4.69, 9.17) is 0 Å². The number of benzene rings is 1. The summed E-state index contributed by atoms with van der Waals surface area (Å²) in [7, 11) is -1.37. The second kappa shape index (κ2) is 6.63. The smallest absolute Gasteiger partial charge is 0.151 e. The molecule has 0 amide bonds. The molecule has 1 fully saturated rings. The van der Waals surface area contributed by atoms with Gasteiger partial charge in [-0.25, -0.2) is 0 Å². The molecule has 2 rings (SSSR count). The van der Waals surface area contributed by atoms with Gasteiger partial charge in [0.05, 0.1) is 5.97 Å². The zero-order chi connectivity index (χ0) is 18.2. The number of hydrogen-bond donors (Lipinski definition) is 0. The molecule has 0 aliphatic heterocycles. The summed E-state index contributed by atoms with van der Waals surface area (Å²) in [5.74, 6) is -2.59. The largest absolute Gasteiger partial charge is 0.545 e. The van der Waals surface area contributed by atoms with Crippen LogP contribution in [0.4, 0.5) is 0 Å². The molecule has 4 unspecified atom stereocenters. The summed E-state index contributed by atoms with van der Waals surface area (Å²) in [4.78, 5) is 36.4. The van der Waals surface area contributed by atoms with Gasteiger partial charge in [-0.2, -0.15) is 0 Å². The van der Waals surface area contributed by atoms with Crippen LogP contribution in [0.1, 0.15) is 42.1 Å². The van der Waals surface area contributed by atoms with Crippen LogP contribution in [0.25, 0.3) is 0 Å². The average molecular weight is 345 g/mol. The van der Waals surface area contributed by atoms with E-state index in [1.54, 1.807) is 12.1 Å². The van der Waals surface area contributed by atoms with Crippen molar-refractivity contribution >= 4 is 25.6 Å². The Morgan fingerprint density at radius 1 is 1.12 bits per heavy atom. The van der Waals surface area contributed by atoms with Crippen molar-refractivity contribution in [1.82, 2.24) is 0 Å². The van der Waals surface area contributed by atoms with Gasteiger partial charge >= 0.3 is 0 Å². The normalized spacial score (nSPS) is 25.8. The summed E-state index contributed by atoms with van der Waals surface area (Å²) in [6, 6.07) is 5.91. The number of aromatic carboxylic acids is 1. The van der Waals surface area contributed by atoms with Crippen LogP contribution in [0.2, 0.25) is 25.2 Å². The molecule has 0 saturated heterocycles. The number of carboxylic acid groups (broad SMARTS) is 1. The Morgan fingerprint density at radius 2 is 1.67 bits per heavy atom. The summed E-state index contributed by atoms with van der Waals surface area (Å²) in [5, 5.41) is 10.8. The lowest BCUT2D eigenvalue weighted by molar-refractivity contribution is -0.255. The van der Waals surface area contributed by atoms with Crippen molar-refractivity contribution in [2.24, 2.45) is 11.8 Å². The number of carbonyl (C=O) groups excluding carboxylic acids is 3. The molecule has 0 aromatic heterocycles. The first-order valence-electron chi connectivity index (χ1n) is 8.42. The van der Waals surface area contributed by atoms with Crippen LogP contribution in [0.5, 0.6) is 0 Å². The Morgan fingerprint density at radius 3 is 2.12 bits per heavy atom. The van der Waals surface area contributed by atoms with E-state index in [0.717, 1.165) is 6.42 Å². The molecule has 0 spiro atoms. The lowest BCUT2D eigenvalue weighted by atomic mass is 9.91. The van der Waals surface area contributed by atoms with Crippen LogP contribution in [-0.2, 0) is 9.59 Å². The number of rotatable bonds is 5. The molecule has 1 saturated carbocycles. The molecular weight excluding hydrogens is 320 g/mol. The second-order valence-corrected chi connectivity index (χ2v) is 13.8. The van der Waals surface area contributed by atoms with Crippen molar-refractivity contribution in [3.8, 4) is 0 Å². The van der Waals surface area contributed by atoms with Crippen molar-refractivity contribution in [2.45, 2.75) is 51.4 Å². The van der Waals surface area contributed by atoms with E-state index in [0.29, 0.717) is 11.1 Å². The summed E-state index contributed by atoms with van der Waals surface area (Å²) >= 11 is 0. The minimum absolute atomic E-state index is 0.0150. The van der Waals surface area contributed by atoms with Gasteiger partial charge in [-0.15, -0.1) is 0 Å². The van der Waals surface area contributed by atoms with E-state index < -0.39 is 20.0 Å². The van der Waals surface area contributed by atoms with Crippen LogP contribution < -0.4 is 5.11 Å². The van der Waals surface area contributed by atoms with Gasteiger partial charge < -0.3 is 9.90 Å². The van der Waals surface area contributed by atoms with Crippen molar-refractivity contribution in [2.75, 3.05) is 0 Å². The number of carboxylic acids is 1. The fourth-order valence-corrected chi connectivity index (χ4v) is 4.22. The highest BCUT2D eigenvalue weighted by Gasteiger charge is 2.48. The van der Waals surface area contributed by atoms with Gasteiger partial charge in [0.15, 0.2) is 11.6 Å². The van der Waals surface area contributed by atoms with E-state index in [1.807, 2.05) is 6.92 Å². The Bertz CT molecular complexity index is 657. The Balaban J connectivity index is 2.25. The summed E-state index contributed by atoms with van der Waals surface area (Å²) in [5.41, 5.74) is 1.10. The first-order chi connectivity index (χ1) is 11.0. The monoisotopic (exact) mass is 345 g/mol. The fourth-order valence-electron chi connectivity index (χ4n) is 3.26. The van der Waals surface area contributed by atoms with E-state index in [2.05, 4.69) is 26.6 Å². The Kier molecular flexibility index (Phi) is 5.13. The fraction of sp³-hybridized carbons (Fsp3) is 0.526.